The Labute approximate surface area is 133 Å². The number of nitrogens with zero attached hydrogens (tertiary/aromatic N) is 1. The van der Waals surface area contributed by atoms with Crippen LogP contribution in [0.25, 0.3) is 0 Å². The molecule has 1 unspecified atom stereocenters. The first-order valence-electron chi connectivity index (χ1n) is 7.59. The van der Waals surface area contributed by atoms with E-state index < -0.39 is 0 Å². The van der Waals surface area contributed by atoms with E-state index in [4.69, 9.17) is 16.3 Å². The number of rotatable bonds is 8. The minimum Gasteiger partial charge on any atom is -0.494 e. The van der Waals surface area contributed by atoms with Gasteiger partial charge >= 0.3 is 0 Å². The van der Waals surface area contributed by atoms with Crippen LogP contribution in [0.1, 0.15) is 49.9 Å². The summed E-state index contributed by atoms with van der Waals surface area (Å²) < 4.78 is 5.69. The standard InChI is InChI=1S/C17H26ClNO2/c1-5-13(2)8-6-7-11-21-14-9-10-15(16(18)12-14)17(20)19(3)4/h9-10,12-13H,5-8,11H2,1-4H3. The highest BCUT2D eigenvalue weighted by molar-refractivity contribution is 6.34. The number of hydrogen-bond acceptors (Lipinski definition) is 2. The normalized spacial score (nSPS) is 12.0. The molecule has 1 atom stereocenters. The SMILES string of the molecule is CCC(C)CCCCOc1ccc(C(=O)N(C)C)c(Cl)c1. The third kappa shape index (κ3) is 5.96. The van der Waals surface area contributed by atoms with Gasteiger partial charge in [-0.15, -0.1) is 0 Å². The smallest absolute Gasteiger partial charge is 0.254 e. The molecule has 0 N–H and O–H groups in total. The molecule has 0 aromatic heterocycles. The molecule has 1 amide bonds. The fourth-order valence-corrected chi connectivity index (χ4v) is 2.24. The third-order valence-corrected chi connectivity index (χ3v) is 3.95. The summed E-state index contributed by atoms with van der Waals surface area (Å²) in [5.74, 6) is 1.41. The summed E-state index contributed by atoms with van der Waals surface area (Å²) in [4.78, 5) is 13.4. The molecule has 1 aromatic carbocycles. The first-order valence-corrected chi connectivity index (χ1v) is 7.97. The fraction of sp³-hybridized carbons (Fsp3) is 0.588. The van der Waals surface area contributed by atoms with Crippen LogP contribution in [0.15, 0.2) is 18.2 Å². The number of carbonyl (C=O) groups excluding carboxylic acids is 1. The molecule has 0 heterocycles. The van der Waals surface area contributed by atoms with E-state index in [2.05, 4.69) is 13.8 Å². The molecule has 0 saturated carbocycles. The van der Waals surface area contributed by atoms with Crippen molar-refractivity contribution in [2.45, 2.75) is 39.5 Å². The van der Waals surface area contributed by atoms with Crippen molar-refractivity contribution in [2.75, 3.05) is 20.7 Å². The van der Waals surface area contributed by atoms with E-state index in [1.54, 1.807) is 32.3 Å². The monoisotopic (exact) mass is 311 g/mol. The van der Waals surface area contributed by atoms with E-state index in [9.17, 15) is 4.79 Å². The van der Waals surface area contributed by atoms with Crippen molar-refractivity contribution in [3.63, 3.8) is 0 Å². The van der Waals surface area contributed by atoms with Crippen LogP contribution in [0, 0.1) is 5.92 Å². The van der Waals surface area contributed by atoms with Gasteiger partial charge in [-0.1, -0.05) is 38.3 Å². The van der Waals surface area contributed by atoms with Crippen LogP contribution in [-0.4, -0.2) is 31.5 Å². The van der Waals surface area contributed by atoms with Crippen molar-refractivity contribution in [2.24, 2.45) is 5.92 Å². The molecule has 0 radical (unpaired) electrons. The van der Waals surface area contributed by atoms with Crippen molar-refractivity contribution in [3.05, 3.63) is 28.8 Å². The molecule has 3 nitrogen and oxygen atoms in total. The quantitative estimate of drug-likeness (QED) is 0.655. The Morgan fingerprint density at radius 1 is 1.33 bits per heavy atom. The summed E-state index contributed by atoms with van der Waals surface area (Å²) in [5.41, 5.74) is 0.505. The minimum atomic E-state index is -0.0971. The van der Waals surface area contributed by atoms with Crippen LogP contribution in [0.2, 0.25) is 5.02 Å². The van der Waals surface area contributed by atoms with Crippen molar-refractivity contribution in [1.29, 1.82) is 0 Å². The molecule has 0 spiro atoms. The molecule has 21 heavy (non-hydrogen) atoms. The summed E-state index contributed by atoms with van der Waals surface area (Å²) in [7, 11) is 3.42. The molecule has 118 valence electrons. The van der Waals surface area contributed by atoms with Gasteiger partial charge in [0.25, 0.3) is 5.91 Å². The maximum Gasteiger partial charge on any atom is 0.254 e. The second-order valence-electron chi connectivity index (χ2n) is 5.70. The fourth-order valence-electron chi connectivity index (χ4n) is 1.99. The van der Waals surface area contributed by atoms with E-state index in [0.717, 1.165) is 18.1 Å². The van der Waals surface area contributed by atoms with Crippen LogP contribution in [0.3, 0.4) is 0 Å². The predicted octanol–water partition coefficient (Wildman–Crippen LogP) is 4.64. The molecule has 0 aliphatic heterocycles. The second-order valence-corrected chi connectivity index (χ2v) is 6.11. The van der Waals surface area contributed by atoms with E-state index in [1.165, 1.54) is 24.2 Å². The lowest BCUT2D eigenvalue weighted by atomic mass is 10.0. The zero-order chi connectivity index (χ0) is 15.8. The predicted molar refractivity (Wildman–Crippen MR) is 88.3 cm³/mol. The molecule has 0 aliphatic carbocycles. The van der Waals surface area contributed by atoms with Gasteiger partial charge in [0.05, 0.1) is 17.2 Å². The minimum absolute atomic E-state index is 0.0971. The van der Waals surface area contributed by atoms with Crippen molar-refractivity contribution >= 4 is 17.5 Å². The van der Waals surface area contributed by atoms with Crippen LogP contribution in [0.5, 0.6) is 5.75 Å². The summed E-state index contributed by atoms with van der Waals surface area (Å²) in [6, 6.07) is 5.24. The van der Waals surface area contributed by atoms with Crippen molar-refractivity contribution in [1.82, 2.24) is 4.90 Å². The Morgan fingerprint density at radius 2 is 2.05 bits per heavy atom. The molecule has 0 bridgehead atoms. The number of hydrogen-bond donors (Lipinski definition) is 0. The summed E-state index contributed by atoms with van der Waals surface area (Å²) in [6.45, 7) is 5.19. The van der Waals surface area contributed by atoms with Gasteiger partial charge in [-0.25, -0.2) is 0 Å². The number of ether oxygens (including phenoxy) is 1. The number of benzene rings is 1. The van der Waals surface area contributed by atoms with E-state index in [-0.39, 0.29) is 5.91 Å². The maximum atomic E-state index is 11.9. The summed E-state index contributed by atoms with van der Waals surface area (Å²) >= 11 is 6.14. The average Bonchev–Trinajstić information content (AvgIpc) is 2.46. The lowest BCUT2D eigenvalue weighted by molar-refractivity contribution is 0.0827. The molecule has 4 heteroatoms. The lowest BCUT2D eigenvalue weighted by Crippen LogP contribution is -2.21. The number of halogens is 1. The maximum absolute atomic E-state index is 11.9. The number of unbranched alkanes of at least 4 members (excludes halogenated alkanes) is 1. The molecular formula is C17H26ClNO2. The largest absolute Gasteiger partial charge is 0.494 e. The van der Waals surface area contributed by atoms with Crippen LogP contribution >= 0.6 is 11.6 Å². The van der Waals surface area contributed by atoms with E-state index in [0.29, 0.717) is 17.2 Å². The van der Waals surface area contributed by atoms with Gasteiger partial charge in [0.1, 0.15) is 5.75 Å². The first-order chi connectivity index (χ1) is 9.95. The third-order valence-electron chi connectivity index (χ3n) is 3.63. The Balaban J connectivity index is 2.44. The van der Waals surface area contributed by atoms with Crippen LogP contribution < -0.4 is 4.74 Å². The topological polar surface area (TPSA) is 29.5 Å². The summed E-state index contributed by atoms with van der Waals surface area (Å²) in [6.07, 6.45) is 4.70. The van der Waals surface area contributed by atoms with Gasteiger partial charge in [0, 0.05) is 14.1 Å². The van der Waals surface area contributed by atoms with Gasteiger partial charge in [0.2, 0.25) is 0 Å². The Bertz CT molecular complexity index is 460. The molecule has 1 aromatic rings. The second kappa shape index (κ2) is 8.93. The van der Waals surface area contributed by atoms with E-state index in [1.807, 2.05) is 0 Å². The zero-order valence-corrected chi connectivity index (χ0v) is 14.2. The van der Waals surface area contributed by atoms with Crippen molar-refractivity contribution in [3.8, 4) is 5.75 Å². The van der Waals surface area contributed by atoms with Gasteiger partial charge in [-0.2, -0.15) is 0 Å². The Hall–Kier alpha value is -1.22. The number of amides is 1. The highest BCUT2D eigenvalue weighted by Crippen LogP contribution is 2.23. The Kier molecular flexibility index (Phi) is 7.58. The number of carbonyl (C=O) groups is 1. The first kappa shape index (κ1) is 17.8. The van der Waals surface area contributed by atoms with Gasteiger partial charge in [-0.3, -0.25) is 4.79 Å². The van der Waals surface area contributed by atoms with Gasteiger partial charge in [-0.05, 0) is 37.0 Å². The summed E-state index contributed by atoms with van der Waals surface area (Å²) in [5, 5.41) is 0.436. The van der Waals surface area contributed by atoms with Gasteiger partial charge in [0.15, 0.2) is 0 Å². The zero-order valence-electron chi connectivity index (χ0n) is 13.5. The van der Waals surface area contributed by atoms with Crippen molar-refractivity contribution < 1.29 is 9.53 Å². The van der Waals surface area contributed by atoms with Gasteiger partial charge < -0.3 is 9.64 Å². The van der Waals surface area contributed by atoms with Crippen LogP contribution in [0.4, 0.5) is 0 Å². The Morgan fingerprint density at radius 3 is 2.62 bits per heavy atom. The van der Waals surface area contributed by atoms with Crippen LogP contribution in [-0.2, 0) is 0 Å². The van der Waals surface area contributed by atoms with E-state index >= 15 is 0 Å². The molecule has 0 fully saturated rings. The molecule has 0 aliphatic rings. The highest BCUT2D eigenvalue weighted by atomic mass is 35.5. The average molecular weight is 312 g/mol. The lowest BCUT2D eigenvalue weighted by Gasteiger charge is -2.13. The molecule has 0 saturated heterocycles. The highest BCUT2D eigenvalue weighted by Gasteiger charge is 2.12. The molecule has 1 rings (SSSR count). The molecular weight excluding hydrogens is 286 g/mol.